The number of nitrogens with zero attached hydrogens (tertiary/aromatic N) is 1. The molecule has 1 heterocycles. The Kier molecular flexibility index (Phi) is 6.62. The summed E-state index contributed by atoms with van der Waals surface area (Å²) in [7, 11) is 2.83. The summed E-state index contributed by atoms with van der Waals surface area (Å²) in [6, 6.07) is 2.78. The minimum Gasteiger partial charge on any atom is -0.493 e. The lowest BCUT2D eigenvalue weighted by Crippen LogP contribution is -2.39. The normalized spacial score (nSPS) is 22.0. The molecule has 35 heavy (non-hydrogen) atoms. The van der Waals surface area contributed by atoms with Crippen molar-refractivity contribution in [2.24, 2.45) is 5.41 Å². The number of dihydropyridines is 1. The zero-order valence-corrected chi connectivity index (χ0v) is 20.9. The van der Waals surface area contributed by atoms with E-state index in [-0.39, 0.29) is 52.0 Å². The summed E-state index contributed by atoms with van der Waals surface area (Å²) in [6.45, 7) is 5.76. The molecule has 1 saturated carbocycles. The molecule has 188 valence electrons. The number of carbonyl (C=O) groups is 2. The number of methoxy groups -OCH3 is 2. The monoisotopic (exact) mass is 484 g/mol. The minimum atomic E-state index is -0.955. The van der Waals surface area contributed by atoms with Gasteiger partial charge in [-0.25, -0.2) is 4.79 Å². The van der Waals surface area contributed by atoms with Gasteiger partial charge in [0, 0.05) is 29.0 Å². The van der Waals surface area contributed by atoms with Crippen LogP contribution in [-0.2, 0) is 14.3 Å². The lowest BCUT2D eigenvalue weighted by molar-refractivity contribution is -0.385. The van der Waals surface area contributed by atoms with Gasteiger partial charge < -0.3 is 19.5 Å². The molecular weight excluding hydrogens is 452 g/mol. The van der Waals surface area contributed by atoms with Crippen molar-refractivity contribution in [3.05, 3.63) is 50.4 Å². The van der Waals surface area contributed by atoms with Gasteiger partial charge in [-0.3, -0.25) is 14.9 Å². The topological polar surface area (TPSA) is 117 Å². The number of nitrogens with one attached hydrogen (secondary N) is 1. The number of rotatable bonds is 6. The molecule has 1 aromatic rings. The number of esters is 1. The maximum Gasteiger partial charge on any atom is 0.337 e. The molecule has 1 aromatic carbocycles. The Bertz CT molecular complexity index is 1140. The van der Waals surface area contributed by atoms with E-state index in [1.807, 2.05) is 13.8 Å². The van der Waals surface area contributed by atoms with Gasteiger partial charge in [0.05, 0.1) is 36.7 Å². The molecule has 0 saturated heterocycles. The molecule has 1 aliphatic heterocycles. The predicted octanol–water partition coefficient (Wildman–Crippen LogP) is 4.70. The minimum absolute atomic E-state index is 0.142. The van der Waals surface area contributed by atoms with Gasteiger partial charge in [-0.2, -0.15) is 0 Å². The molecule has 1 fully saturated rings. The van der Waals surface area contributed by atoms with Crippen LogP contribution in [0, 0.1) is 15.5 Å². The summed E-state index contributed by atoms with van der Waals surface area (Å²) in [5, 5.41) is 15.4. The van der Waals surface area contributed by atoms with Crippen LogP contribution in [0.3, 0.4) is 0 Å². The van der Waals surface area contributed by atoms with Crippen LogP contribution in [0.2, 0.25) is 0 Å². The summed E-state index contributed by atoms with van der Waals surface area (Å²) in [5.74, 6) is -1.18. The molecule has 4 rings (SSSR count). The standard InChI is InChI=1S/C26H32N2O7/c1-14-22(25(30)35-15-8-6-7-9-15)23(24-17(27-14)12-26(2,3)13-19(24)29)16-10-20(33-4)21(34-5)11-18(16)28(31)32/h10-11,15,23,27H,6-9,12-13H2,1-5H3. The number of Topliss-reactive ketones (excluding diaryl/α,β-unsaturated/α-hetero) is 1. The molecule has 0 spiro atoms. The first kappa shape index (κ1) is 24.8. The molecule has 9 heteroatoms. The first-order valence-corrected chi connectivity index (χ1v) is 11.9. The van der Waals surface area contributed by atoms with Crippen LogP contribution in [0.5, 0.6) is 11.5 Å². The summed E-state index contributed by atoms with van der Waals surface area (Å²) >= 11 is 0. The molecule has 0 radical (unpaired) electrons. The third kappa shape index (κ3) is 4.63. The van der Waals surface area contributed by atoms with E-state index in [1.54, 1.807) is 6.92 Å². The quantitative estimate of drug-likeness (QED) is 0.351. The first-order valence-electron chi connectivity index (χ1n) is 11.9. The van der Waals surface area contributed by atoms with Crippen LogP contribution in [0.1, 0.15) is 70.8 Å². The molecule has 1 atom stereocenters. The smallest absolute Gasteiger partial charge is 0.337 e. The lowest BCUT2D eigenvalue weighted by Gasteiger charge is -2.39. The van der Waals surface area contributed by atoms with Gasteiger partial charge in [0.2, 0.25) is 0 Å². The number of ketones is 1. The second-order valence-electron chi connectivity index (χ2n) is 10.3. The van der Waals surface area contributed by atoms with Crippen molar-refractivity contribution in [1.82, 2.24) is 5.32 Å². The van der Waals surface area contributed by atoms with Gasteiger partial charge in [-0.1, -0.05) is 13.8 Å². The molecular formula is C26H32N2O7. The zero-order valence-electron chi connectivity index (χ0n) is 20.9. The number of ether oxygens (including phenoxy) is 3. The average molecular weight is 485 g/mol. The van der Waals surface area contributed by atoms with E-state index in [0.29, 0.717) is 23.4 Å². The van der Waals surface area contributed by atoms with Crippen molar-refractivity contribution in [2.45, 2.75) is 71.3 Å². The SMILES string of the molecule is COc1cc(C2C(C(=O)OC3CCCC3)=C(C)NC3=C2C(=O)CC(C)(C)C3)c([N+](=O)[O-])cc1OC. The van der Waals surface area contributed by atoms with E-state index in [2.05, 4.69) is 5.32 Å². The van der Waals surface area contributed by atoms with E-state index in [1.165, 1.54) is 26.4 Å². The molecule has 1 N–H and O–H groups in total. The number of hydrogen-bond acceptors (Lipinski definition) is 8. The highest BCUT2D eigenvalue weighted by Crippen LogP contribution is 2.50. The fourth-order valence-electron chi connectivity index (χ4n) is 5.51. The number of carbonyl (C=O) groups excluding carboxylic acids is 2. The van der Waals surface area contributed by atoms with Gasteiger partial charge in [-0.15, -0.1) is 0 Å². The van der Waals surface area contributed by atoms with Crippen molar-refractivity contribution < 1.29 is 28.7 Å². The van der Waals surface area contributed by atoms with Gasteiger partial charge in [0.1, 0.15) is 6.10 Å². The fraction of sp³-hybridized carbons (Fsp3) is 0.538. The van der Waals surface area contributed by atoms with E-state index < -0.39 is 16.8 Å². The van der Waals surface area contributed by atoms with Crippen LogP contribution in [-0.4, -0.2) is 37.0 Å². The largest absolute Gasteiger partial charge is 0.493 e. The second-order valence-corrected chi connectivity index (χ2v) is 10.3. The maximum atomic E-state index is 13.5. The Balaban J connectivity index is 1.93. The van der Waals surface area contributed by atoms with Crippen LogP contribution >= 0.6 is 0 Å². The molecule has 9 nitrogen and oxygen atoms in total. The Morgan fingerprint density at radius 2 is 1.74 bits per heavy atom. The molecule has 0 bridgehead atoms. The van der Waals surface area contributed by atoms with Crippen molar-refractivity contribution in [3.8, 4) is 11.5 Å². The number of benzene rings is 1. The number of allylic oxidation sites excluding steroid dienone is 3. The van der Waals surface area contributed by atoms with Crippen LogP contribution in [0.25, 0.3) is 0 Å². The highest BCUT2D eigenvalue weighted by molar-refractivity contribution is 6.04. The highest BCUT2D eigenvalue weighted by atomic mass is 16.6. The zero-order chi connectivity index (χ0) is 25.5. The van der Waals surface area contributed by atoms with Crippen molar-refractivity contribution in [3.63, 3.8) is 0 Å². The molecule has 2 aliphatic carbocycles. The third-order valence-electron chi connectivity index (χ3n) is 7.08. The van der Waals surface area contributed by atoms with Crippen LogP contribution in [0.15, 0.2) is 34.7 Å². The van der Waals surface area contributed by atoms with E-state index >= 15 is 0 Å². The molecule has 3 aliphatic rings. The Hall–Kier alpha value is -3.36. The van der Waals surface area contributed by atoms with Gasteiger partial charge in [-0.05, 0) is 50.5 Å². The highest BCUT2D eigenvalue weighted by Gasteiger charge is 2.46. The Labute approximate surface area is 204 Å². The summed E-state index contributed by atoms with van der Waals surface area (Å²) in [5.41, 5.74) is 1.49. The van der Waals surface area contributed by atoms with E-state index in [4.69, 9.17) is 14.2 Å². The summed E-state index contributed by atoms with van der Waals surface area (Å²) in [6.07, 6.45) is 4.20. The van der Waals surface area contributed by atoms with Crippen molar-refractivity contribution in [2.75, 3.05) is 14.2 Å². The number of hydrogen-bond donors (Lipinski definition) is 1. The lowest BCUT2D eigenvalue weighted by atomic mass is 9.68. The molecule has 0 amide bonds. The second kappa shape index (κ2) is 9.36. The number of nitro groups is 1. The summed E-state index contributed by atoms with van der Waals surface area (Å²) in [4.78, 5) is 38.7. The van der Waals surface area contributed by atoms with Crippen molar-refractivity contribution >= 4 is 17.4 Å². The fourth-order valence-corrected chi connectivity index (χ4v) is 5.51. The first-order chi connectivity index (χ1) is 16.6. The van der Waals surface area contributed by atoms with Gasteiger partial charge >= 0.3 is 5.97 Å². The van der Waals surface area contributed by atoms with Gasteiger partial charge in [0.25, 0.3) is 5.69 Å². The Morgan fingerprint density at radius 3 is 2.34 bits per heavy atom. The van der Waals surface area contributed by atoms with Crippen LogP contribution in [0.4, 0.5) is 5.69 Å². The maximum absolute atomic E-state index is 13.5. The number of nitro benzene ring substituents is 1. The van der Waals surface area contributed by atoms with E-state index in [9.17, 15) is 19.7 Å². The summed E-state index contributed by atoms with van der Waals surface area (Å²) < 4.78 is 16.6. The molecule has 1 unspecified atom stereocenters. The molecule has 0 aromatic heterocycles. The average Bonchev–Trinajstić information content (AvgIpc) is 3.29. The third-order valence-corrected chi connectivity index (χ3v) is 7.08. The van der Waals surface area contributed by atoms with E-state index in [0.717, 1.165) is 25.7 Å². The van der Waals surface area contributed by atoms with Crippen LogP contribution < -0.4 is 14.8 Å². The van der Waals surface area contributed by atoms with Gasteiger partial charge in [0.15, 0.2) is 17.3 Å². The Morgan fingerprint density at radius 1 is 1.11 bits per heavy atom. The predicted molar refractivity (Wildman–Crippen MR) is 128 cm³/mol. The van der Waals surface area contributed by atoms with Crippen molar-refractivity contribution in [1.29, 1.82) is 0 Å².